The second-order valence-corrected chi connectivity index (χ2v) is 10.2. The molecule has 0 bridgehead atoms. The first-order chi connectivity index (χ1) is 17.2. The summed E-state index contributed by atoms with van der Waals surface area (Å²) in [7, 11) is 1.97. The number of ketones is 1. The highest BCUT2D eigenvalue weighted by atomic mass is 35.5. The maximum absolute atomic E-state index is 13.6. The van der Waals surface area contributed by atoms with E-state index in [1.807, 2.05) is 36.0 Å². The number of rotatable bonds is 7. The molecule has 6 rings (SSSR count). The molecule has 1 aliphatic heterocycles. The minimum absolute atomic E-state index is 0. The average molecular weight is 520 g/mol. The number of carbonyl (C=O) groups excluding carboxylic acids is 1. The van der Waals surface area contributed by atoms with E-state index >= 15 is 0 Å². The second-order valence-electron chi connectivity index (χ2n) is 9.30. The lowest BCUT2D eigenvalue weighted by molar-refractivity contribution is 0.103. The predicted molar refractivity (Wildman–Crippen MR) is 150 cm³/mol. The summed E-state index contributed by atoms with van der Waals surface area (Å²) in [4.78, 5) is 13.6. The Bertz CT molecular complexity index is 1490. The summed E-state index contributed by atoms with van der Waals surface area (Å²) in [6.07, 6.45) is 5.35. The third-order valence-electron chi connectivity index (χ3n) is 7.08. The molecule has 4 heterocycles. The number of carbonyl (C=O) groups is 1. The monoisotopic (exact) mass is 519 g/mol. The van der Waals surface area contributed by atoms with Crippen molar-refractivity contribution in [2.24, 2.45) is 7.05 Å². The molecule has 0 amide bonds. The molecule has 0 aliphatic carbocycles. The van der Waals surface area contributed by atoms with Crippen LogP contribution in [0.1, 0.15) is 34.5 Å². The van der Waals surface area contributed by atoms with Gasteiger partial charge in [0.15, 0.2) is 0 Å². The van der Waals surface area contributed by atoms with Gasteiger partial charge in [0.2, 0.25) is 5.78 Å². The van der Waals surface area contributed by atoms with Crippen molar-refractivity contribution in [3.8, 4) is 5.75 Å². The Morgan fingerprint density at radius 2 is 1.83 bits per heavy atom. The van der Waals surface area contributed by atoms with E-state index in [4.69, 9.17) is 4.74 Å². The molecule has 0 saturated carbocycles. The van der Waals surface area contributed by atoms with Crippen molar-refractivity contribution in [3.05, 3.63) is 89.1 Å². The van der Waals surface area contributed by atoms with Crippen LogP contribution >= 0.6 is 23.7 Å². The summed E-state index contributed by atoms with van der Waals surface area (Å²) in [5.74, 6) is 1.02. The van der Waals surface area contributed by atoms with E-state index < -0.39 is 0 Å². The van der Waals surface area contributed by atoms with Crippen LogP contribution in [-0.4, -0.2) is 34.1 Å². The van der Waals surface area contributed by atoms with E-state index in [1.54, 1.807) is 11.3 Å². The van der Waals surface area contributed by atoms with Crippen LogP contribution in [-0.2, 0) is 20.0 Å². The molecule has 36 heavy (non-hydrogen) atoms. The van der Waals surface area contributed by atoms with Gasteiger partial charge in [-0.3, -0.25) is 4.79 Å². The van der Waals surface area contributed by atoms with Gasteiger partial charge in [-0.2, -0.15) is 0 Å². The minimum atomic E-state index is 0. The van der Waals surface area contributed by atoms with Gasteiger partial charge in [0.25, 0.3) is 0 Å². The van der Waals surface area contributed by atoms with Gasteiger partial charge in [0.1, 0.15) is 11.9 Å². The van der Waals surface area contributed by atoms with Gasteiger partial charge in [-0.25, -0.2) is 0 Å². The average Bonchev–Trinajstić information content (AvgIpc) is 3.59. The Kier molecular flexibility index (Phi) is 7.19. The molecule has 3 aromatic heterocycles. The number of halogens is 1. The first-order valence-corrected chi connectivity index (χ1v) is 13.2. The van der Waals surface area contributed by atoms with E-state index in [2.05, 4.69) is 57.7 Å². The summed E-state index contributed by atoms with van der Waals surface area (Å²) in [6, 6.07) is 20.8. The lowest BCUT2D eigenvalue weighted by Gasteiger charge is -2.23. The molecule has 1 fully saturated rings. The molecule has 5 nitrogen and oxygen atoms in total. The van der Waals surface area contributed by atoms with Crippen molar-refractivity contribution in [2.45, 2.75) is 31.9 Å². The van der Waals surface area contributed by atoms with Crippen molar-refractivity contribution in [1.29, 1.82) is 0 Å². The van der Waals surface area contributed by atoms with E-state index in [1.165, 1.54) is 5.56 Å². The fourth-order valence-electron chi connectivity index (χ4n) is 5.11. The van der Waals surface area contributed by atoms with Crippen molar-refractivity contribution in [2.75, 3.05) is 13.1 Å². The number of para-hydroxylation sites is 1. The highest BCUT2D eigenvalue weighted by Crippen LogP contribution is 2.29. The molecule has 0 atom stereocenters. The molecule has 1 N–H and O–H groups in total. The summed E-state index contributed by atoms with van der Waals surface area (Å²) < 4.78 is 11.5. The van der Waals surface area contributed by atoms with Gasteiger partial charge in [0.05, 0.1) is 15.9 Å². The molecule has 5 aromatic rings. The summed E-state index contributed by atoms with van der Waals surface area (Å²) >= 11 is 1.67. The van der Waals surface area contributed by atoms with Crippen LogP contribution in [0.15, 0.2) is 72.2 Å². The van der Waals surface area contributed by atoms with Crippen LogP contribution in [0.2, 0.25) is 0 Å². The molecule has 0 spiro atoms. The maximum Gasteiger partial charge on any atom is 0.211 e. The lowest BCUT2D eigenvalue weighted by atomic mass is 10.1. The van der Waals surface area contributed by atoms with E-state index in [0.29, 0.717) is 6.10 Å². The van der Waals surface area contributed by atoms with Gasteiger partial charge < -0.3 is 19.2 Å². The smallest absolute Gasteiger partial charge is 0.211 e. The Morgan fingerprint density at radius 1 is 1.06 bits per heavy atom. The Labute approximate surface area is 221 Å². The van der Waals surface area contributed by atoms with Gasteiger partial charge in [0, 0.05) is 36.3 Å². The van der Waals surface area contributed by atoms with E-state index in [0.717, 1.165) is 77.0 Å². The Morgan fingerprint density at radius 3 is 2.61 bits per heavy atom. The highest BCUT2D eigenvalue weighted by molar-refractivity contribution is 7.17. The van der Waals surface area contributed by atoms with Gasteiger partial charge in [-0.15, -0.1) is 23.7 Å². The third-order valence-corrected chi connectivity index (χ3v) is 7.94. The van der Waals surface area contributed by atoms with Gasteiger partial charge >= 0.3 is 0 Å². The number of aryl methyl sites for hydroxylation is 3. The molecule has 186 valence electrons. The molecule has 1 aliphatic rings. The number of hydrogen-bond acceptors (Lipinski definition) is 4. The Balaban J connectivity index is 0.00000267. The number of hydrogen-bond donors (Lipinski definition) is 1. The normalized spacial score (nSPS) is 14.2. The zero-order valence-corrected chi connectivity index (χ0v) is 21.9. The molecule has 1 saturated heterocycles. The maximum atomic E-state index is 13.6. The number of aromatic nitrogens is 2. The molecule has 7 heteroatoms. The van der Waals surface area contributed by atoms with Crippen molar-refractivity contribution in [3.63, 3.8) is 0 Å². The number of benzene rings is 2. The van der Waals surface area contributed by atoms with Crippen molar-refractivity contribution in [1.82, 2.24) is 14.5 Å². The number of fused-ring (bicyclic) bond motifs is 2. The SMILES string of the molecule is Cl.Cn1c(C(=O)c2cn(CCc3ccc(OC4CCNCC4)cc3)c3ccccc23)cc2sccc21. The molecular weight excluding hydrogens is 490 g/mol. The van der Waals surface area contributed by atoms with Crippen LogP contribution in [0.5, 0.6) is 5.75 Å². The molecule has 0 radical (unpaired) electrons. The molecular formula is C29H30ClN3O2S. The van der Waals surface area contributed by atoms with E-state index in [9.17, 15) is 4.79 Å². The molecule has 2 aromatic carbocycles. The second kappa shape index (κ2) is 10.5. The van der Waals surface area contributed by atoms with Gasteiger partial charge in [-0.1, -0.05) is 30.3 Å². The van der Waals surface area contributed by atoms with Crippen LogP contribution in [0.25, 0.3) is 21.1 Å². The van der Waals surface area contributed by atoms with Crippen LogP contribution in [0, 0.1) is 0 Å². The minimum Gasteiger partial charge on any atom is -0.490 e. The summed E-state index contributed by atoms with van der Waals surface area (Å²) in [6.45, 7) is 2.87. The number of nitrogens with one attached hydrogen (secondary N) is 1. The van der Waals surface area contributed by atoms with Crippen LogP contribution < -0.4 is 10.1 Å². The summed E-state index contributed by atoms with van der Waals surface area (Å²) in [5, 5.41) is 6.45. The first-order valence-electron chi connectivity index (χ1n) is 12.3. The summed E-state index contributed by atoms with van der Waals surface area (Å²) in [5.41, 5.74) is 4.96. The van der Waals surface area contributed by atoms with Crippen molar-refractivity contribution < 1.29 is 9.53 Å². The zero-order chi connectivity index (χ0) is 23.8. The van der Waals surface area contributed by atoms with Crippen LogP contribution in [0.3, 0.4) is 0 Å². The van der Waals surface area contributed by atoms with Gasteiger partial charge in [-0.05, 0) is 73.6 Å². The first kappa shape index (κ1) is 24.6. The van der Waals surface area contributed by atoms with Crippen molar-refractivity contribution >= 4 is 50.6 Å². The fourth-order valence-corrected chi connectivity index (χ4v) is 5.96. The number of thiophene rings is 1. The highest BCUT2D eigenvalue weighted by Gasteiger charge is 2.21. The largest absolute Gasteiger partial charge is 0.490 e. The number of piperidine rings is 1. The quantitative estimate of drug-likeness (QED) is 0.260. The zero-order valence-electron chi connectivity index (χ0n) is 20.3. The fraction of sp³-hybridized carbons (Fsp3) is 0.276. The Hall–Kier alpha value is -3.06. The molecule has 0 unspecified atom stereocenters. The standard InChI is InChI=1S/C29H29N3O2S.ClH/c1-31-26-13-17-35-28(26)18-27(31)29(33)24-19-32(25-5-3-2-4-23(24)25)16-12-20-6-8-21(9-7-20)34-22-10-14-30-15-11-22;/h2-9,13,17-19,22,30H,10-12,14-16H2,1H3;1H. The van der Waals surface area contributed by atoms with Crippen LogP contribution in [0.4, 0.5) is 0 Å². The predicted octanol–water partition coefficient (Wildman–Crippen LogP) is 6.22. The topological polar surface area (TPSA) is 48.2 Å². The van der Waals surface area contributed by atoms with E-state index in [-0.39, 0.29) is 18.2 Å². The number of nitrogens with zero attached hydrogens (tertiary/aromatic N) is 2. The number of ether oxygens (including phenoxy) is 1. The lowest BCUT2D eigenvalue weighted by Crippen LogP contribution is -2.34. The third kappa shape index (κ3) is 4.69.